The van der Waals surface area contributed by atoms with Crippen LogP contribution < -0.4 is 9.47 Å². The molecule has 30 heavy (non-hydrogen) atoms. The average Bonchev–Trinajstić information content (AvgIpc) is 3.00. The highest BCUT2D eigenvalue weighted by Crippen LogP contribution is 2.35. The minimum absolute atomic E-state index is 0.0631. The molecule has 2 aromatic carbocycles. The second-order valence-corrected chi connectivity index (χ2v) is 8.48. The number of benzene rings is 2. The minimum Gasteiger partial charge on any atom is -0.493 e. The summed E-state index contributed by atoms with van der Waals surface area (Å²) in [7, 11) is 3.38. The molecule has 0 saturated carbocycles. The van der Waals surface area contributed by atoms with Crippen LogP contribution in [0.25, 0.3) is 6.08 Å². The van der Waals surface area contributed by atoms with Crippen LogP contribution >= 0.6 is 11.8 Å². The lowest BCUT2D eigenvalue weighted by Gasteiger charge is -2.13. The molecule has 3 rings (SSSR count). The summed E-state index contributed by atoms with van der Waals surface area (Å²) in [6.45, 7) is 6.92. The number of nitrogens with zero attached hydrogens (tertiary/aromatic N) is 2. The lowest BCUT2D eigenvalue weighted by molar-refractivity contribution is -0.121. The number of aryl methyl sites for hydroxylation is 1. The highest BCUT2D eigenvalue weighted by atomic mass is 32.2. The van der Waals surface area contributed by atoms with E-state index in [9.17, 15) is 4.79 Å². The van der Waals surface area contributed by atoms with E-state index in [1.165, 1.54) is 11.8 Å². The molecule has 1 aliphatic heterocycles. The molecule has 1 amide bonds. The van der Waals surface area contributed by atoms with Crippen LogP contribution in [0, 0.1) is 5.92 Å². The normalized spacial score (nSPS) is 16.7. The summed E-state index contributed by atoms with van der Waals surface area (Å²) in [5.41, 5.74) is 2.94. The Labute approximate surface area is 182 Å². The second kappa shape index (κ2) is 9.85. The number of hydrogen-bond acceptors (Lipinski definition) is 5. The van der Waals surface area contributed by atoms with E-state index in [1.807, 2.05) is 42.5 Å². The van der Waals surface area contributed by atoms with Gasteiger partial charge < -0.3 is 9.47 Å². The molecule has 1 fully saturated rings. The van der Waals surface area contributed by atoms with E-state index in [0.717, 1.165) is 23.2 Å². The molecule has 0 bridgehead atoms. The van der Waals surface area contributed by atoms with Gasteiger partial charge in [-0.1, -0.05) is 45.0 Å². The Morgan fingerprint density at radius 2 is 1.93 bits per heavy atom. The Morgan fingerprint density at radius 3 is 2.63 bits per heavy atom. The maximum absolute atomic E-state index is 12.8. The highest BCUT2D eigenvalue weighted by Gasteiger charge is 2.30. The van der Waals surface area contributed by atoms with Crippen LogP contribution in [0.5, 0.6) is 11.5 Å². The number of likely N-dealkylation sites (N-methyl/N-ethyl adjacent to an activating group) is 1. The van der Waals surface area contributed by atoms with E-state index >= 15 is 0 Å². The van der Waals surface area contributed by atoms with Crippen molar-refractivity contribution in [1.82, 2.24) is 4.90 Å². The fourth-order valence-electron chi connectivity index (χ4n) is 2.97. The molecular weight excluding hydrogens is 396 g/mol. The number of aliphatic imine (C=N–C) groups is 1. The van der Waals surface area contributed by atoms with E-state index in [-0.39, 0.29) is 5.91 Å². The average molecular weight is 425 g/mol. The summed E-state index contributed by atoms with van der Waals surface area (Å²) in [4.78, 5) is 19.7. The summed E-state index contributed by atoms with van der Waals surface area (Å²) in [6, 6.07) is 13.7. The van der Waals surface area contributed by atoms with Crippen molar-refractivity contribution in [3.8, 4) is 11.5 Å². The first-order chi connectivity index (χ1) is 14.4. The Balaban J connectivity index is 1.85. The third-order valence-electron chi connectivity index (χ3n) is 4.65. The van der Waals surface area contributed by atoms with Crippen LogP contribution in [-0.2, 0) is 11.2 Å². The maximum atomic E-state index is 12.8. The molecule has 0 aromatic heterocycles. The van der Waals surface area contributed by atoms with Crippen molar-refractivity contribution < 1.29 is 14.3 Å². The van der Waals surface area contributed by atoms with Gasteiger partial charge in [-0.15, -0.1) is 0 Å². The van der Waals surface area contributed by atoms with Crippen LogP contribution in [0.2, 0.25) is 0 Å². The quantitative estimate of drug-likeness (QED) is 0.549. The topological polar surface area (TPSA) is 51.1 Å². The molecule has 1 saturated heterocycles. The predicted octanol–water partition coefficient (Wildman–Crippen LogP) is 5.53. The van der Waals surface area contributed by atoms with Gasteiger partial charge in [-0.25, -0.2) is 4.99 Å². The molecule has 1 heterocycles. The first-order valence-electron chi connectivity index (χ1n) is 10.1. The summed E-state index contributed by atoms with van der Waals surface area (Å²) >= 11 is 1.38. The lowest BCUT2D eigenvalue weighted by Crippen LogP contribution is -2.23. The molecule has 0 spiro atoms. The van der Waals surface area contributed by atoms with Gasteiger partial charge in [0.1, 0.15) is 0 Å². The van der Waals surface area contributed by atoms with E-state index in [2.05, 4.69) is 26.8 Å². The zero-order chi connectivity index (χ0) is 21.7. The van der Waals surface area contributed by atoms with E-state index in [0.29, 0.717) is 34.1 Å². The van der Waals surface area contributed by atoms with Gasteiger partial charge in [0, 0.05) is 7.05 Å². The molecule has 0 aliphatic carbocycles. The van der Waals surface area contributed by atoms with Crippen molar-refractivity contribution in [2.24, 2.45) is 10.9 Å². The van der Waals surface area contributed by atoms with Crippen molar-refractivity contribution in [3.05, 3.63) is 58.5 Å². The van der Waals surface area contributed by atoms with E-state index < -0.39 is 0 Å². The van der Waals surface area contributed by atoms with Crippen molar-refractivity contribution in [2.45, 2.75) is 27.2 Å². The van der Waals surface area contributed by atoms with Gasteiger partial charge in [-0.3, -0.25) is 9.69 Å². The standard InChI is InChI=1S/C24H28N2O3S/c1-6-18-9-7-8-10-19(18)25-24-26(4)23(27)22(30-24)14-17-11-12-20(21(13-17)28-5)29-15-16(2)3/h7-14,16H,6,15H2,1-5H3/b22-14+,25-24?. The predicted molar refractivity (Wildman–Crippen MR) is 125 cm³/mol. The number of ether oxygens (including phenoxy) is 2. The Kier molecular flexibility index (Phi) is 7.21. The number of carbonyl (C=O) groups is 1. The molecule has 0 atom stereocenters. The Hall–Kier alpha value is -2.73. The number of hydrogen-bond donors (Lipinski definition) is 0. The Bertz CT molecular complexity index is 982. The van der Waals surface area contributed by atoms with Gasteiger partial charge >= 0.3 is 0 Å². The first-order valence-corrected chi connectivity index (χ1v) is 10.9. The number of amides is 1. The van der Waals surface area contributed by atoms with Crippen LogP contribution in [0.15, 0.2) is 52.4 Å². The minimum atomic E-state index is -0.0631. The molecule has 5 nitrogen and oxygen atoms in total. The summed E-state index contributed by atoms with van der Waals surface area (Å²) in [5, 5.41) is 0.677. The van der Waals surface area contributed by atoms with Gasteiger partial charge in [0.25, 0.3) is 5.91 Å². The van der Waals surface area contributed by atoms with Gasteiger partial charge in [-0.05, 0) is 59.5 Å². The van der Waals surface area contributed by atoms with Crippen LogP contribution in [0.3, 0.4) is 0 Å². The molecule has 2 aromatic rings. The molecule has 0 radical (unpaired) electrons. The van der Waals surface area contributed by atoms with Gasteiger partial charge in [-0.2, -0.15) is 0 Å². The smallest absolute Gasteiger partial charge is 0.266 e. The third kappa shape index (κ3) is 5.05. The van der Waals surface area contributed by atoms with Crippen LogP contribution in [0.4, 0.5) is 5.69 Å². The second-order valence-electron chi connectivity index (χ2n) is 7.47. The zero-order valence-corrected chi connectivity index (χ0v) is 19.0. The number of methoxy groups -OCH3 is 1. The van der Waals surface area contributed by atoms with Crippen molar-refractivity contribution >= 4 is 34.6 Å². The van der Waals surface area contributed by atoms with Gasteiger partial charge in [0.2, 0.25) is 0 Å². The summed E-state index contributed by atoms with van der Waals surface area (Å²) in [6.07, 6.45) is 2.76. The number of para-hydroxylation sites is 1. The number of rotatable bonds is 7. The van der Waals surface area contributed by atoms with Crippen molar-refractivity contribution in [2.75, 3.05) is 20.8 Å². The van der Waals surface area contributed by atoms with Crippen molar-refractivity contribution in [1.29, 1.82) is 0 Å². The summed E-state index contributed by atoms with van der Waals surface area (Å²) in [5.74, 6) is 1.72. The number of carbonyl (C=O) groups excluding carboxylic acids is 1. The van der Waals surface area contributed by atoms with Gasteiger partial charge in [0.15, 0.2) is 16.7 Å². The molecule has 0 N–H and O–H groups in total. The van der Waals surface area contributed by atoms with Crippen LogP contribution in [-0.4, -0.2) is 36.7 Å². The molecule has 0 unspecified atom stereocenters. The molecular formula is C24H28N2O3S. The largest absolute Gasteiger partial charge is 0.493 e. The zero-order valence-electron chi connectivity index (χ0n) is 18.1. The lowest BCUT2D eigenvalue weighted by atomic mass is 10.1. The SMILES string of the molecule is CCc1ccccc1N=C1S/C(=C/c2ccc(OCC(C)C)c(OC)c2)C(=O)N1C. The third-order valence-corrected chi connectivity index (χ3v) is 5.71. The van der Waals surface area contributed by atoms with Crippen molar-refractivity contribution in [3.63, 3.8) is 0 Å². The fraction of sp³-hybridized carbons (Fsp3) is 0.333. The molecule has 6 heteroatoms. The fourth-order valence-corrected chi connectivity index (χ4v) is 3.95. The summed E-state index contributed by atoms with van der Waals surface area (Å²) < 4.78 is 11.3. The maximum Gasteiger partial charge on any atom is 0.266 e. The molecule has 1 aliphatic rings. The highest BCUT2D eigenvalue weighted by molar-refractivity contribution is 8.18. The number of amidine groups is 1. The van der Waals surface area contributed by atoms with Crippen LogP contribution in [0.1, 0.15) is 31.9 Å². The van der Waals surface area contributed by atoms with E-state index in [4.69, 9.17) is 14.5 Å². The van der Waals surface area contributed by atoms with E-state index in [1.54, 1.807) is 19.1 Å². The first kappa shape index (κ1) is 22.0. The number of thioether (sulfide) groups is 1. The Morgan fingerprint density at radius 1 is 1.17 bits per heavy atom. The van der Waals surface area contributed by atoms with Gasteiger partial charge in [0.05, 0.1) is 24.3 Å². The monoisotopic (exact) mass is 424 g/mol. The molecule has 158 valence electrons.